The highest BCUT2D eigenvalue weighted by molar-refractivity contribution is 14.0. The highest BCUT2D eigenvalue weighted by Gasteiger charge is 2.10. The van der Waals surface area contributed by atoms with Gasteiger partial charge >= 0.3 is 0 Å². The molecular formula is C20H27BrIN3O2. The van der Waals surface area contributed by atoms with E-state index in [4.69, 9.17) is 9.47 Å². The van der Waals surface area contributed by atoms with Gasteiger partial charge in [-0.15, -0.1) is 24.0 Å². The average molecular weight is 548 g/mol. The molecule has 0 fully saturated rings. The number of halogens is 2. The maximum absolute atomic E-state index is 5.39. The van der Waals surface area contributed by atoms with Crippen molar-refractivity contribution in [1.29, 1.82) is 0 Å². The van der Waals surface area contributed by atoms with Crippen LogP contribution in [-0.2, 0) is 13.0 Å². The predicted molar refractivity (Wildman–Crippen MR) is 126 cm³/mol. The average Bonchev–Trinajstić information content (AvgIpc) is 2.66. The molecule has 2 rings (SSSR count). The molecule has 0 heterocycles. The van der Waals surface area contributed by atoms with Crippen molar-refractivity contribution in [3.8, 4) is 11.5 Å². The molecule has 0 bridgehead atoms. The predicted octanol–water partition coefficient (Wildman–Crippen LogP) is 4.38. The summed E-state index contributed by atoms with van der Waals surface area (Å²) in [6, 6.07) is 14.4. The standard InChI is InChI=1S/C20H26BrN3O2.HI/c1-4-22-20(23-11-10-15-8-6-5-7-9-15)24-14-16-12-17(21)19(26-3)18(13-16)25-2;/h5-9,12-13H,4,10-11,14H2,1-3H3,(H2,22,23,24);1H. The van der Waals surface area contributed by atoms with Crippen molar-refractivity contribution < 1.29 is 9.47 Å². The molecule has 7 heteroatoms. The van der Waals surface area contributed by atoms with Gasteiger partial charge in [0.15, 0.2) is 17.5 Å². The van der Waals surface area contributed by atoms with Gasteiger partial charge in [-0.05, 0) is 52.5 Å². The molecule has 2 aromatic carbocycles. The zero-order valence-corrected chi connectivity index (χ0v) is 19.8. The highest BCUT2D eigenvalue weighted by Crippen LogP contribution is 2.36. The monoisotopic (exact) mass is 547 g/mol. The number of hydrogen-bond acceptors (Lipinski definition) is 3. The largest absolute Gasteiger partial charge is 0.493 e. The van der Waals surface area contributed by atoms with E-state index in [1.54, 1.807) is 14.2 Å². The summed E-state index contributed by atoms with van der Waals surface area (Å²) in [4.78, 5) is 4.66. The third-order valence-electron chi connectivity index (χ3n) is 3.81. The summed E-state index contributed by atoms with van der Waals surface area (Å²) in [6.07, 6.45) is 0.952. The van der Waals surface area contributed by atoms with E-state index in [1.165, 1.54) is 5.56 Å². The van der Waals surface area contributed by atoms with E-state index in [0.717, 1.165) is 35.5 Å². The van der Waals surface area contributed by atoms with Crippen LogP contribution < -0.4 is 20.1 Å². The van der Waals surface area contributed by atoms with Crippen molar-refractivity contribution in [1.82, 2.24) is 10.6 Å². The molecule has 0 aliphatic carbocycles. The minimum atomic E-state index is 0. The van der Waals surface area contributed by atoms with Crippen LogP contribution in [0.1, 0.15) is 18.1 Å². The van der Waals surface area contributed by atoms with E-state index in [0.29, 0.717) is 18.0 Å². The molecule has 5 nitrogen and oxygen atoms in total. The fraction of sp³-hybridized carbons (Fsp3) is 0.350. The molecule has 0 amide bonds. The van der Waals surface area contributed by atoms with Gasteiger partial charge in [-0.3, -0.25) is 0 Å². The second kappa shape index (κ2) is 12.8. The molecule has 148 valence electrons. The van der Waals surface area contributed by atoms with Crippen molar-refractivity contribution >= 4 is 45.9 Å². The Morgan fingerprint density at radius 1 is 1.04 bits per heavy atom. The van der Waals surface area contributed by atoms with Gasteiger partial charge in [-0.1, -0.05) is 30.3 Å². The number of benzene rings is 2. The second-order valence-electron chi connectivity index (χ2n) is 5.67. The van der Waals surface area contributed by atoms with Crippen LogP contribution in [0.3, 0.4) is 0 Å². The Morgan fingerprint density at radius 2 is 1.78 bits per heavy atom. The van der Waals surface area contributed by atoms with E-state index in [9.17, 15) is 0 Å². The summed E-state index contributed by atoms with van der Waals surface area (Å²) in [5.74, 6) is 2.18. The molecule has 0 aliphatic heterocycles. The molecule has 0 spiro atoms. The molecule has 2 aromatic rings. The Balaban J connectivity index is 0.00000364. The summed E-state index contributed by atoms with van der Waals surface area (Å²) in [7, 11) is 3.26. The van der Waals surface area contributed by atoms with Gasteiger partial charge in [-0.2, -0.15) is 0 Å². The molecule has 0 saturated carbocycles. The van der Waals surface area contributed by atoms with Gasteiger partial charge in [0.25, 0.3) is 0 Å². The molecule has 0 aliphatic rings. The van der Waals surface area contributed by atoms with Crippen LogP contribution in [0.2, 0.25) is 0 Å². The summed E-state index contributed by atoms with van der Waals surface area (Å²) >= 11 is 3.52. The Labute approximate surface area is 187 Å². The summed E-state index contributed by atoms with van der Waals surface area (Å²) < 4.78 is 11.6. The lowest BCUT2D eigenvalue weighted by Crippen LogP contribution is -2.38. The van der Waals surface area contributed by atoms with Gasteiger partial charge < -0.3 is 20.1 Å². The highest BCUT2D eigenvalue weighted by atomic mass is 127. The van der Waals surface area contributed by atoms with Gasteiger partial charge in [0.2, 0.25) is 0 Å². The zero-order chi connectivity index (χ0) is 18.8. The van der Waals surface area contributed by atoms with E-state index in [-0.39, 0.29) is 24.0 Å². The maximum atomic E-state index is 5.39. The van der Waals surface area contributed by atoms with Crippen LogP contribution >= 0.6 is 39.9 Å². The topological polar surface area (TPSA) is 54.9 Å². The van der Waals surface area contributed by atoms with Gasteiger partial charge in [0.05, 0.1) is 25.2 Å². The Hall–Kier alpha value is -1.48. The maximum Gasteiger partial charge on any atom is 0.191 e. The first-order valence-corrected chi connectivity index (χ1v) is 9.43. The van der Waals surface area contributed by atoms with Crippen molar-refractivity contribution in [3.63, 3.8) is 0 Å². The van der Waals surface area contributed by atoms with Crippen LogP contribution in [0, 0.1) is 0 Å². The number of guanidine groups is 1. The lowest BCUT2D eigenvalue weighted by atomic mass is 10.1. The third-order valence-corrected chi connectivity index (χ3v) is 4.40. The zero-order valence-electron chi connectivity index (χ0n) is 15.9. The second-order valence-corrected chi connectivity index (χ2v) is 6.53. The van der Waals surface area contributed by atoms with Gasteiger partial charge in [0.1, 0.15) is 0 Å². The Bertz CT molecular complexity index is 727. The number of nitrogens with one attached hydrogen (secondary N) is 2. The molecule has 0 atom stereocenters. The molecule has 0 saturated heterocycles. The summed E-state index contributed by atoms with van der Waals surface area (Å²) in [6.45, 7) is 4.24. The first kappa shape index (κ1) is 23.6. The normalized spacial score (nSPS) is 10.7. The van der Waals surface area contributed by atoms with E-state index in [1.807, 2.05) is 18.2 Å². The lowest BCUT2D eigenvalue weighted by Gasteiger charge is -2.13. The molecule has 2 N–H and O–H groups in total. The first-order chi connectivity index (χ1) is 12.7. The van der Waals surface area contributed by atoms with Crippen LogP contribution in [-0.4, -0.2) is 33.3 Å². The number of rotatable bonds is 8. The molecule has 0 unspecified atom stereocenters. The van der Waals surface area contributed by atoms with Crippen LogP contribution in [0.15, 0.2) is 51.9 Å². The van der Waals surface area contributed by atoms with E-state index >= 15 is 0 Å². The third kappa shape index (κ3) is 7.57. The number of methoxy groups -OCH3 is 2. The number of ether oxygens (including phenoxy) is 2. The molecule has 0 radical (unpaired) electrons. The minimum Gasteiger partial charge on any atom is -0.493 e. The molecule has 27 heavy (non-hydrogen) atoms. The number of aliphatic imine (C=N–C) groups is 1. The first-order valence-electron chi connectivity index (χ1n) is 8.64. The van der Waals surface area contributed by atoms with E-state index < -0.39 is 0 Å². The van der Waals surface area contributed by atoms with Crippen molar-refractivity contribution in [2.24, 2.45) is 4.99 Å². The molecule has 0 aromatic heterocycles. The SMILES string of the molecule is CCNC(=NCc1cc(Br)c(OC)c(OC)c1)NCCc1ccccc1.I. The Morgan fingerprint density at radius 3 is 2.41 bits per heavy atom. The van der Waals surface area contributed by atoms with E-state index in [2.05, 4.69) is 62.7 Å². The molecular weight excluding hydrogens is 521 g/mol. The van der Waals surface area contributed by atoms with Crippen molar-refractivity contribution in [2.75, 3.05) is 27.3 Å². The fourth-order valence-electron chi connectivity index (χ4n) is 2.54. The minimum absolute atomic E-state index is 0. The van der Waals surface area contributed by atoms with Crippen molar-refractivity contribution in [3.05, 3.63) is 58.1 Å². The lowest BCUT2D eigenvalue weighted by molar-refractivity contribution is 0.352. The number of nitrogens with zero attached hydrogens (tertiary/aromatic N) is 1. The fourth-order valence-corrected chi connectivity index (χ4v) is 3.20. The quantitative estimate of drug-likeness (QED) is 0.292. The summed E-state index contributed by atoms with van der Waals surface area (Å²) in [5.41, 5.74) is 2.34. The van der Waals surface area contributed by atoms with Gasteiger partial charge in [-0.25, -0.2) is 4.99 Å². The van der Waals surface area contributed by atoms with Gasteiger partial charge in [0, 0.05) is 13.1 Å². The summed E-state index contributed by atoms with van der Waals surface area (Å²) in [5, 5.41) is 6.65. The van der Waals surface area contributed by atoms with Crippen LogP contribution in [0.25, 0.3) is 0 Å². The van der Waals surface area contributed by atoms with Crippen molar-refractivity contribution in [2.45, 2.75) is 19.9 Å². The smallest absolute Gasteiger partial charge is 0.191 e. The number of hydrogen-bond donors (Lipinski definition) is 2. The van der Waals surface area contributed by atoms with Crippen LogP contribution in [0.4, 0.5) is 0 Å². The Kier molecular flexibility index (Phi) is 11.2. The van der Waals surface area contributed by atoms with Crippen LogP contribution in [0.5, 0.6) is 11.5 Å².